The first-order valence-electron chi connectivity index (χ1n) is 9.12. The second-order valence-electron chi connectivity index (χ2n) is 7.06. The second-order valence-corrected chi connectivity index (χ2v) is 8.44. The highest BCUT2D eigenvalue weighted by molar-refractivity contribution is 7.99. The van der Waals surface area contributed by atoms with E-state index in [1.807, 2.05) is 12.1 Å². The number of ether oxygens (including phenoxy) is 1. The van der Waals surface area contributed by atoms with Gasteiger partial charge in [0, 0.05) is 5.02 Å². The maximum absolute atomic E-state index is 12.6. The molecule has 0 aliphatic heterocycles. The summed E-state index contributed by atoms with van der Waals surface area (Å²) >= 11 is 7.30. The molecular formula is C19H23ClN4O3S. The molecule has 0 bridgehead atoms. The Labute approximate surface area is 173 Å². The van der Waals surface area contributed by atoms with Gasteiger partial charge >= 0.3 is 5.97 Å². The monoisotopic (exact) mass is 422 g/mol. The van der Waals surface area contributed by atoms with Crippen LogP contribution in [0.3, 0.4) is 0 Å². The summed E-state index contributed by atoms with van der Waals surface area (Å²) in [7, 11) is 1.36. The molecule has 1 aromatic carbocycles. The molecule has 3 rings (SSSR count). The number of carbonyl (C=O) groups excluding carboxylic acids is 2. The summed E-state index contributed by atoms with van der Waals surface area (Å²) in [5.41, 5.74) is -0.118. The van der Waals surface area contributed by atoms with E-state index >= 15 is 0 Å². The van der Waals surface area contributed by atoms with Crippen LogP contribution in [0.4, 0.5) is 0 Å². The summed E-state index contributed by atoms with van der Waals surface area (Å²) in [6.45, 7) is 2.15. The molecule has 1 aliphatic carbocycles. The fraction of sp³-hybridized carbons (Fsp3) is 0.474. The van der Waals surface area contributed by atoms with Crippen LogP contribution >= 0.6 is 23.4 Å². The van der Waals surface area contributed by atoms with E-state index in [9.17, 15) is 9.59 Å². The number of rotatable bonds is 6. The van der Waals surface area contributed by atoms with E-state index in [1.54, 1.807) is 23.0 Å². The topological polar surface area (TPSA) is 86.1 Å². The number of amides is 1. The van der Waals surface area contributed by atoms with Crippen molar-refractivity contribution in [1.82, 2.24) is 20.1 Å². The average molecular weight is 423 g/mol. The zero-order chi connectivity index (χ0) is 20.1. The first-order chi connectivity index (χ1) is 13.4. The van der Waals surface area contributed by atoms with Crippen LogP contribution in [-0.2, 0) is 14.3 Å². The molecule has 0 saturated heterocycles. The van der Waals surface area contributed by atoms with Crippen LogP contribution in [-0.4, -0.2) is 45.0 Å². The second kappa shape index (κ2) is 8.96. The Hall–Kier alpha value is -2.06. The van der Waals surface area contributed by atoms with Gasteiger partial charge in [-0.05, 0) is 49.8 Å². The van der Waals surface area contributed by atoms with Crippen molar-refractivity contribution in [2.75, 3.05) is 12.9 Å². The minimum atomic E-state index is -0.931. The predicted molar refractivity (Wildman–Crippen MR) is 108 cm³/mol. The zero-order valence-electron chi connectivity index (χ0n) is 15.9. The highest BCUT2D eigenvalue weighted by atomic mass is 35.5. The molecule has 0 atom stereocenters. The minimum Gasteiger partial charge on any atom is -0.467 e. The molecule has 1 aliphatic rings. The van der Waals surface area contributed by atoms with Crippen molar-refractivity contribution in [3.05, 3.63) is 35.6 Å². The fourth-order valence-electron chi connectivity index (χ4n) is 3.39. The van der Waals surface area contributed by atoms with Crippen molar-refractivity contribution in [3.63, 3.8) is 0 Å². The van der Waals surface area contributed by atoms with Crippen LogP contribution in [0.25, 0.3) is 5.69 Å². The summed E-state index contributed by atoms with van der Waals surface area (Å²) in [5.74, 6) is 0.0545. The van der Waals surface area contributed by atoms with Gasteiger partial charge in [-0.3, -0.25) is 9.36 Å². The molecule has 1 heterocycles. The number of benzene rings is 1. The van der Waals surface area contributed by atoms with Gasteiger partial charge in [-0.2, -0.15) is 0 Å². The number of hydrogen-bond acceptors (Lipinski definition) is 6. The number of hydrogen-bond donors (Lipinski definition) is 1. The van der Waals surface area contributed by atoms with Crippen molar-refractivity contribution in [1.29, 1.82) is 0 Å². The lowest BCUT2D eigenvalue weighted by Crippen LogP contribution is -2.57. The number of thioether (sulfide) groups is 1. The van der Waals surface area contributed by atoms with E-state index in [1.165, 1.54) is 18.9 Å². The van der Waals surface area contributed by atoms with Gasteiger partial charge in [-0.1, -0.05) is 36.4 Å². The molecule has 1 amide bonds. The van der Waals surface area contributed by atoms with Crippen LogP contribution in [0.5, 0.6) is 0 Å². The molecular weight excluding hydrogens is 400 g/mol. The van der Waals surface area contributed by atoms with Gasteiger partial charge in [-0.25, -0.2) is 4.79 Å². The summed E-state index contributed by atoms with van der Waals surface area (Å²) < 4.78 is 6.73. The molecule has 1 saturated carbocycles. The Morgan fingerprint density at radius 1 is 1.39 bits per heavy atom. The Morgan fingerprint density at radius 2 is 2.14 bits per heavy atom. The number of esters is 1. The third kappa shape index (κ3) is 4.67. The number of methoxy groups -OCH3 is 1. The van der Waals surface area contributed by atoms with Crippen LogP contribution in [0, 0.1) is 5.92 Å². The molecule has 9 heteroatoms. The highest BCUT2D eigenvalue weighted by Gasteiger charge is 2.43. The summed E-state index contributed by atoms with van der Waals surface area (Å²) in [4.78, 5) is 24.9. The molecule has 7 nitrogen and oxygen atoms in total. The van der Waals surface area contributed by atoms with Gasteiger partial charge in [0.25, 0.3) is 0 Å². The van der Waals surface area contributed by atoms with E-state index in [-0.39, 0.29) is 17.6 Å². The minimum absolute atomic E-state index is 0.119. The van der Waals surface area contributed by atoms with Gasteiger partial charge in [0.15, 0.2) is 5.16 Å². The Kier molecular flexibility index (Phi) is 6.61. The molecule has 150 valence electrons. The van der Waals surface area contributed by atoms with Crippen molar-refractivity contribution >= 4 is 35.2 Å². The number of nitrogens with one attached hydrogen (secondary N) is 1. The Morgan fingerprint density at radius 3 is 2.82 bits per heavy atom. The van der Waals surface area contributed by atoms with E-state index in [0.717, 1.165) is 18.5 Å². The van der Waals surface area contributed by atoms with Crippen LogP contribution in [0.1, 0.15) is 32.6 Å². The first kappa shape index (κ1) is 20.7. The Balaban J connectivity index is 1.66. The Bertz CT molecular complexity index is 849. The van der Waals surface area contributed by atoms with Gasteiger partial charge in [0.1, 0.15) is 11.9 Å². The first-order valence-corrected chi connectivity index (χ1v) is 10.5. The molecule has 2 aromatic rings. The molecule has 0 radical (unpaired) electrons. The van der Waals surface area contributed by atoms with Crippen LogP contribution < -0.4 is 5.32 Å². The maximum Gasteiger partial charge on any atom is 0.331 e. The molecule has 1 N–H and O–H groups in total. The molecule has 0 spiro atoms. The largest absolute Gasteiger partial charge is 0.467 e. The van der Waals surface area contributed by atoms with E-state index < -0.39 is 5.54 Å². The normalized spacial score (nSPS) is 21.9. The number of carbonyl (C=O) groups is 2. The maximum atomic E-state index is 12.6. The van der Waals surface area contributed by atoms with Gasteiger partial charge in [0.05, 0.1) is 18.6 Å². The van der Waals surface area contributed by atoms with E-state index in [0.29, 0.717) is 28.9 Å². The van der Waals surface area contributed by atoms with Gasteiger partial charge < -0.3 is 10.1 Å². The molecule has 1 aromatic heterocycles. The summed E-state index contributed by atoms with van der Waals surface area (Å²) in [6, 6.07) is 7.30. The lowest BCUT2D eigenvalue weighted by Gasteiger charge is -2.37. The number of halogens is 1. The van der Waals surface area contributed by atoms with Crippen molar-refractivity contribution < 1.29 is 14.3 Å². The predicted octanol–water partition coefficient (Wildman–Crippen LogP) is 3.25. The van der Waals surface area contributed by atoms with Crippen molar-refractivity contribution in [2.24, 2.45) is 5.92 Å². The lowest BCUT2D eigenvalue weighted by atomic mass is 9.77. The SMILES string of the molecule is COC(=O)C1(NC(=O)CSc2nncn2-c2cccc(Cl)c2)CCC(C)CC1. The van der Waals surface area contributed by atoms with E-state index in [2.05, 4.69) is 22.4 Å². The van der Waals surface area contributed by atoms with Gasteiger partial charge in [0.2, 0.25) is 5.91 Å². The van der Waals surface area contributed by atoms with Gasteiger partial charge in [-0.15, -0.1) is 10.2 Å². The summed E-state index contributed by atoms with van der Waals surface area (Å²) in [6.07, 6.45) is 4.52. The smallest absolute Gasteiger partial charge is 0.331 e. The number of aromatic nitrogens is 3. The highest BCUT2D eigenvalue weighted by Crippen LogP contribution is 2.33. The zero-order valence-corrected chi connectivity index (χ0v) is 17.4. The van der Waals surface area contributed by atoms with E-state index in [4.69, 9.17) is 16.3 Å². The average Bonchev–Trinajstić information content (AvgIpc) is 3.16. The molecule has 28 heavy (non-hydrogen) atoms. The van der Waals surface area contributed by atoms with Crippen molar-refractivity contribution in [2.45, 2.75) is 43.3 Å². The van der Waals surface area contributed by atoms with Crippen LogP contribution in [0.15, 0.2) is 35.7 Å². The molecule has 0 unspecified atom stereocenters. The lowest BCUT2D eigenvalue weighted by molar-refractivity contribution is -0.152. The standard InChI is InChI=1S/C19H23ClN4O3S/c1-13-6-8-19(9-7-13,17(26)27-2)22-16(25)11-28-18-23-21-12-24(18)15-5-3-4-14(20)10-15/h3-5,10,12-13H,6-9,11H2,1-2H3,(H,22,25). The quantitative estimate of drug-likeness (QED) is 0.568. The van der Waals surface area contributed by atoms with Crippen LogP contribution in [0.2, 0.25) is 5.02 Å². The fourth-order valence-corrected chi connectivity index (χ4v) is 4.30. The third-order valence-electron chi connectivity index (χ3n) is 5.02. The third-order valence-corrected chi connectivity index (χ3v) is 6.20. The molecule has 1 fully saturated rings. The van der Waals surface area contributed by atoms with Crippen molar-refractivity contribution in [3.8, 4) is 5.69 Å². The number of nitrogens with zero attached hydrogens (tertiary/aromatic N) is 3. The summed E-state index contributed by atoms with van der Waals surface area (Å²) in [5, 5.41) is 12.1.